The molecule has 2 heterocycles. The molecule has 1 aromatic heterocycles. The Balaban J connectivity index is 1.16. The molecule has 7 nitrogen and oxygen atoms in total. The number of halogens is 3. The number of fused-ring (bicyclic) bond motifs is 6. The Labute approximate surface area is 265 Å². The highest BCUT2D eigenvalue weighted by Gasteiger charge is 2.61. The molecule has 3 aromatic carbocycles. The van der Waals surface area contributed by atoms with Gasteiger partial charge in [0.1, 0.15) is 0 Å². The predicted octanol–water partition coefficient (Wildman–Crippen LogP) is 7.55. The number of ketones is 1. The van der Waals surface area contributed by atoms with Gasteiger partial charge in [-0.25, -0.2) is 9.78 Å². The maximum atomic E-state index is 13.3. The van der Waals surface area contributed by atoms with E-state index in [0.717, 1.165) is 23.7 Å². The second-order valence-electron chi connectivity index (χ2n) is 11.3. The second kappa shape index (κ2) is 10.8. The minimum atomic E-state index is -0.698. The zero-order chi connectivity index (χ0) is 30.0. The van der Waals surface area contributed by atoms with E-state index in [0.29, 0.717) is 44.7 Å². The minimum absolute atomic E-state index is 0.0937. The number of rotatable bonds is 6. The number of nitrogens with zero attached hydrogens (tertiary/aromatic N) is 2. The number of Topliss-reactive ketones (excluding diaryl/α,β-unsaturated/α-hetero) is 1. The first-order chi connectivity index (χ1) is 20.7. The van der Waals surface area contributed by atoms with Crippen molar-refractivity contribution in [3.8, 4) is 11.3 Å². The molecule has 1 aliphatic heterocycles. The smallest absolute Gasteiger partial charge is 0.339 e. The van der Waals surface area contributed by atoms with Gasteiger partial charge in [0.05, 0.1) is 39.3 Å². The fourth-order valence-corrected chi connectivity index (χ4v) is 7.84. The summed E-state index contributed by atoms with van der Waals surface area (Å²) in [6, 6.07) is 18.5. The van der Waals surface area contributed by atoms with Crippen LogP contribution in [0.5, 0.6) is 0 Å². The van der Waals surface area contributed by atoms with Crippen molar-refractivity contribution in [3.63, 3.8) is 0 Å². The molecule has 4 atom stereocenters. The molecule has 43 heavy (non-hydrogen) atoms. The molecule has 2 aliphatic carbocycles. The summed E-state index contributed by atoms with van der Waals surface area (Å²) in [7, 11) is 0. The quantitative estimate of drug-likeness (QED) is 0.119. The fourth-order valence-electron chi connectivity index (χ4n) is 6.96. The van der Waals surface area contributed by atoms with Gasteiger partial charge < -0.3 is 4.74 Å². The van der Waals surface area contributed by atoms with Crippen molar-refractivity contribution < 1.29 is 23.9 Å². The minimum Gasteiger partial charge on any atom is -0.454 e. The summed E-state index contributed by atoms with van der Waals surface area (Å²) >= 11 is 15.5. The number of esters is 1. The average molecular weight is 678 g/mol. The summed E-state index contributed by atoms with van der Waals surface area (Å²) in [6.07, 6.45) is 3.03. The number of benzene rings is 3. The largest absolute Gasteiger partial charge is 0.454 e. The molecule has 3 fully saturated rings. The number of ether oxygens (including phenoxy) is 1. The van der Waals surface area contributed by atoms with Gasteiger partial charge in [0.25, 0.3) is 0 Å². The van der Waals surface area contributed by atoms with E-state index in [1.54, 1.807) is 48.5 Å². The molecule has 2 saturated carbocycles. The van der Waals surface area contributed by atoms with Crippen molar-refractivity contribution in [3.05, 3.63) is 92.4 Å². The van der Waals surface area contributed by atoms with E-state index in [2.05, 4.69) is 15.9 Å². The average Bonchev–Trinajstić information content (AvgIpc) is 3.68. The molecule has 3 aliphatic rings. The topological polar surface area (TPSA) is 93.6 Å². The molecule has 0 radical (unpaired) electrons. The number of carbonyl (C=O) groups is 4. The summed E-state index contributed by atoms with van der Waals surface area (Å²) < 4.78 is 6.18. The molecule has 0 N–H and O–H groups in total. The van der Waals surface area contributed by atoms with Crippen LogP contribution in [0.2, 0.25) is 10.0 Å². The lowest BCUT2D eigenvalue weighted by Crippen LogP contribution is -2.32. The van der Waals surface area contributed by atoms with Crippen LogP contribution in [-0.4, -0.2) is 35.2 Å². The first kappa shape index (κ1) is 28.2. The van der Waals surface area contributed by atoms with Gasteiger partial charge in [-0.3, -0.25) is 19.3 Å². The summed E-state index contributed by atoms with van der Waals surface area (Å²) in [5.74, 6) is -1.10. The highest BCUT2D eigenvalue weighted by molar-refractivity contribution is 9.10. The van der Waals surface area contributed by atoms with Crippen LogP contribution < -0.4 is 4.90 Å². The molecule has 1 saturated heterocycles. The zero-order valence-electron chi connectivity index (χ0n) is 22.6. The second-order valence-corrected chi connectivity index (χ2v) is 13.0. The Morgan fingerprint density at radius 2 is 1.58 bits per heavy atom. The molecular formula is C33H23BrCl2N2O5. The maximum absolute atomic E-state index is 13.3. The van der Waals surface area contributed by atoms with E-state index in [1.807, 2.05) is 6.07 Å². The molecule has 0 spiro atoms. The summed E-state index contributed by atoms with van der Waals surface area (Å²) in [5, 5.41) is 1.11. The maximum Gasteiger partial charge on any atom is 0.339 e. The Bertz CT molecular complexity index is 1830. The van der Waals surface area contributed by atoms with Crippen LogP contribution in [0.1, 0.15) is 40.0 Å². The van der Waals surface area contributed by atoms with Crippen LogP contribution >= 0.6 is 39.1 Å². The third-order valence-electron chi connectivity index (χ3n) is 8.91. The van der Waals surface area contributed by atoms with Gasteiger partial charge in [0, 0.05) is 26.0 Å². The molecule has 4 aromatic rings. The zero-order valence-corrected chi connectivity index (χ0v) is 25.7. The Morgan fingerprint density at radius 1 is 0.884 bits per heavy atom. The van der Waals surface area contributed by atoms with Crippen LogP contribution in [-0.2, 0) is 14.3 Å². The van der Waals surface area contributed by atoms with Crippen LogP contribution in [0.3, 0.4) is 0 Å². The first-order valence-electron chi connectivity index (χ1n) is 13.9. The van der Waals surface area contributed by atoms with Crippen molar-refractivity contribution in [1.29, 1.82) is 0 Å². The van der Waals surface area contributed by atoms with Crippen molar-refractivity contribution in [1.82, 2.24) is 4.98 Å². The monoisotopic (exact) mass is 676 g/mol. The van der Waals surface area contributed by atoms with Gasteiger partial charge in [-0.15, -0.1) is 0 Å². The number of amides is 2. The van der Waals surface area contributed by atoms with Crippen LogP contribution in [0.15, 0.2) is 71.2 Å². The van der Waals surface area contributed by atoms with Gasteiger partial charge in [-0.1, -0.05) is 51.3 Å². The Morgan fingerprint density at radius 3 is 2.26 bits per heavy atom. The van der Waals surface area contributed by atoms with Crippen molar-refractivity contribution >= 4 is 79.3 Å². The van der Waals surface area contributed by atoms with Crippen molar-refractivity contribution in [2.75, 3.05) is 11.5 Å². The number of hydrogen-bond acceptors (Lipinski definition) is 6. The number of carbonyl (C=O) groups excluding carboxylic acids is 4. The number of aromatic nitrogens is 1. The van der Waals surface area contributed by atoms with Crippen LogP contribution in [0.25, 0.3) is 22.2 Å². The fraction of sp³-hybridized carbons (Fsp3) is 0.242. The van der Waals surface area contributed by atoms with Crippen molar-refractivity contribution in [2.45, 2.75) is 19.3 Å². The Hall–Kier alpha value is -3.59. The van der Waals surface area contributed by atoms with E-state index in [1.165, 1.54) is 17.0 Å². The Kier molecular flexibility index (Phi) is 7.11. The lowest BCUT2D eigenvalue weighted by molar-refractivity contribution is -0.123. The lowest BCUT2D eigenvalue weighted by atomic mass is 9.81. The summed E-state index contributed by atoms with van der Waals surface area (Å²) in [4.78, 5) is 58.7. The third kappa shape index (κ3) is 4.86. The molecular weight excluding hydrogens is 655 g/mol. The van der Waals surface area contributed by atoms with Gasteiger partial charge in [-0.05, 0) is 85.7 Å². The lowest BCUT2D eigenvalue weighted by Gasteiger charge is -2.19. The van der Waals surface area contributed by atoms with E-state index in [9.17, 15) is 19.2 Å². The molecule has 2 bridgehead atoms. The standard InChI is InChI=1S/C33H23BrCl2N2O5/c34-19-5-10-26-23(12-19)24(33(42)43-15-28(39)22-9-6-20(35)13-25(22)36)14-27(37-26)16-3-7-21(8-4-16)38-31(40)29-17-1-2-18(11-17)30(29)32(38)41/h3-10,12-14,17-18,29-30H,1-2,11,15H2. The molecule has 216 valence electrons. The predicted molar refractivity (Wildman–Crippen MR) is 166 cm³/mol. The molecule has 2 amide bonds. The molecule has 10 heteroatoms. The van der Waals surface area contributed by atoms with Crippen LogP contribution in [0, 0.1) is 23.7 Å². The number of hydrogen-bond donors (Lipinski definition) is 0. The summed E-state index contributed by atoms with van der Waals surface area (Å²) in [5.41, 5.74) is 2.70. The van der Waals surface area contributed by atoms with Gasteiger partial charge in [0.2, 0.25) is 17.6 Å². The van der Waals surface area contributed by atoms with Gasteiger partial charge in [-0.2, -0.15) is 0 Å². The molecule has 4 unspecified atom stereocenters. The highest BCUT2D eigenvalue weighted by atomic mass is 79.9. The number of imide groups is 1. The van der Waals surface area contributed by atoms with Crippen molar-refractivity contribution in [2.24, 2.45) is 23.7 Å². The normalized spacial score (nSPS) is 22.3. The third-order valence-corrected chi connectivity index (χ3v) is 9.95. The van der Waals surface area contributed by atoms with E-state index >= 15 is 0 Å². The van der Waals surface area contributed by atoms with Crippen LogP contribution in [0.4, 0.5) is 5.69 Å². The van der Waals surface area contributed by atoms with E-state index in [4.69, 9.17) is 32.9 Å². The first-order valence-corrected chi connectivity index (χ1v) is 15.5. The number of pyridine rings is 1. The highest BCUT2D eigenvalue weighted by Crippen LogP contribution is 2.56. The van der Waals surface area contributed by atoms with Gasteiger partial charge >= 0.3 is 5.97 Å². The molecule has 7 rings (SSSR count). The summed E-state index contributed by atoms with van der Waals surface area (Å²) in [6.45, 7) is -0.510. The number of anilines is 1. The van der Waals surface area contributed by atoms with E-state index in [-0.39, 0.29) is 39.8 Å². The van der Waals surface area contributed by atoms with E-state index < -0.39 is 18.4 Å². The van der Waals surface area contributed by atoms with Gasteiger partial charge in [0.15, 0.2) is 6.61 Å². The SMILES string of the molecule is O=C(COC(=O)c1cc(-c2ccc(N3C(=O)C4C5CCC(C5)C4C3=O)cc2)nc2ccc(Br)cc12)c1ccc(Cl)cc1Cl.